The lowest BCUT2D eigenvalue weighted by Gasteiger charge is -2.19. The van der Waals surface area contributed by atoms with E-state index in [4.69, 9.17) is 4.74 Å². The number of fused-ring (bicyclic) bond motifs is 2. The van der Waals surface area contributed by atoms with Crippen LogP contribution in [0.2, 0.25) is 0 Å². The molecule has 0 radical (unpaired) electrons. The molecule has 2 heterocycles. The van der Waals surface area contributed by atoms with Gasteiger partial charge in [-0.05, 0) is 60.1 Å². The second-order valence-electron chi connectivity index (χ2n) is 8.26. The van der Waals surface area contributed by atoms with Gasteiger partial charge in [0.1, 0.15) is 12.4 Å². The molecule has 0 atom stereocenters. The van der Waals surface area contributed by atoms with Crippen LogP contribution in [0.1, 0.15) is 21.7 Å². The summed E-state index contributed by atoms with van der Waals surface area (Å²) < 4.78 is 7.84. The summed E-state index contributed by atoms with van der Waals surface area (Å²) >= 11 is 0. The van der Waals surface area contributed by atoms with Crippen LogP contribution in [0.15, 0.2) is 73.4 Å². The van der Waals surface area contributed by atoms with Gasteiger partial charge in [0.05, 0.1) is 17.6 Å². The molecule has 6 heteroatoms. The minimum atomic E-state index is -0.0941. The molecule has 6 nitrogen and oxygen atoms in total. The molecule has 0 aliphatic carbocycles. The number of carbonyl (C=O) groups excluding carboxylic acids is 1. The van der Waals surface area contributed by atoms with Crippen molar-refractivity contribution in [1.29, 1.82) is 0 Å². The van der Waals surface area contributed by atoms with E-state index in [1.807, 2.05) is 46.8 Å². The topological polar surface area (TPSA) is 59.4 Å². The van der Waals surface area contributed by atoms with Gasteiger partial charge in [0.2, 0.25) is 0 Å². The first kappa shape index (κ1) is 20.8. The normalized spacial score (nSPS) is 13.2. The highest BCUT2D eigenvalue weighted by molar-refractivity contribution is 5.95. The van der Waals surface area contributed by atoms with Crippen molar-refractivity contribution in [2.45, 2.75) is 13.5 Å². The van der Waals surface area contributed by atoms with Gasteiger partial charge < -0.3 is 19.5 Å². The second-order valence-corrected chi connectivity index (χ2v) is 8.26. The summed E-state index contributed by atoms with van der Waals surface area (Å²) in [6, 6.07) is 20.3. The van der Waals surface area contributed by atoms with E-state index in [1.54, 1.807) is 6.20 Å². The Morgan fingerprint density at radius 2 is 1.91 bits per heavy atom. The molecule has 1 aromatic heterocycles. The Morgan fingerprint density at radius 1 is 1.12 bits per heavy atom. The number of benzene rings is 3. The maximum Gasteiger partial charge on any atom is 0.290 e. The highest BCUT2D eigenvalue weighted by Gasteiger charge is 2.25. The van der Waals surface area contributed by atoms with Crippen LogP contribution in [0.5, 0.6) is 5.75 Å². The van der Waals surface area contributed by atoms with Gasteiger partial charge in [-0.1, -0.05) is 36.9 Å². The zero-order valence-corrected chi connectivity index (χ0v) is 18.8. The molecule has 1 aliphatic heterocycles. The SMILES string of the molecule is C=CNc1cc(-c2ccc3c(c2)CN(C(=O)c2nc4ccccc4n2C)CCO3)ccc1C. The highest BCUT2D eigenvalue weighted by Crippen LogP contribution is 2.32. The lowest BCUT2D eigenvalue weighted by Crippen LogP contribution is -2.34. The van der Waals surface area contributed by atoms with Gasteiger partial charge in [0.15, 0.2) is 5.82 Å². The van der Waals surface area contributed by atoms with E-state index in [1.165, 1.54) is 0 Å². The first-order valence-electron chi connectivity index (χ1n) is 11.0. The summed E-state index contributed by atoms with van der Waals surface area (Å²) in [4.78, 5) is 19.8. The van der Waals surface area contributed by atoms with Crippen LogP contribution in [-0.2, 0) is 13.6 Å². The minimum absolute atomic E-state index is 0.0941. The summed E-state index contributed by atoms with van der Waals surface area (Å²) in [6.07, 6.45) is 1.68. The zero-order valence-electron chi connectivity index (χ0n) is 18.8. The monoisotopic (exact) mass is 438 g/mol. The van der Waals surface area contributed by atoms with E-state index in [2.05, 4.69) is 54.1 Å². The van der Waals surface area contributed by atoms with Gasteiger partial charge in [-0.3, -0.25) is 4.79 Å². The molecular weight excluding hydrogens is 412 g/mol. The lowest BCUT2D eigenvalue weighted by molar-refractivity contribution is 0.0718. The van der Waals surface area contributed by atoms with Crippen molar-refractivity contribution in [2.24, 2.45) is 7.05 Å². The number of para-hydroxylation sites is 2. The summed E-state index contributed by atoms with van der Waals surface area (Å²) in [6.45, 7) is 7.24. The van der Waals surface area contributed by atoms with Crippen molar-refractivity contribution in [3.63, 3.8) is 0 Å². The molecule has 3 aromatic carbocycles. The van der Waals surface area contributed by atoms with Crippen molar-refractivity contribution in [2.75, 3.05) is 18.5 Å². The van der Waals surface area contributed by atoms with Crippen LogP contribution in [-0.4, -0.2) is 33.5 Å². The molecule has 0 spiro atoms. The molecule has 4 aromatic rings. The average Bonchev–Trinajstić information content (AvgIpc) is 3.02. The number of imidazole rings is 1. The molecule has 0 unspecified atom stereocenters. The summed E-state index contributed by atoms with van der Waals surface area (Å²) in [5, 5.41) is 3.19. The summed E-state index contributed by atoms with van der Waals surface area (Å²) in [7, 11) is 1.88. The minimum Gasteiger partial charge on any atom is -0.491 e. The van der Waals surface area contributed by atoms with Crippen molar-refractivity contribution in [3.8, 4) is 16.9 Å². The van der Waals surface area contributed by atoms with Crippen LogP contribution in [0, 0.1) is 6.92 Å². The Balaban J connectivity index is 1.47. The third-order valence-corrected chi connectivity index (χ3v) is 6.13. The van der Waals surface area contributed by atoms with E-state index >= 15 is 0 Å². The molecule has 0 fully saturated rings. The third kappa shape index (κ3) is 3.84. The number of anilines is 1. The molecule has 0 saturated heterocycles. The van der Waals surface area contributed by atoms with E-state index in [0.717, 1.165) is 44.7 Å². The molecule has 1 N–H and O–H groups in total. The number of amides is 1. The van der Waals surface area contributed by atoms with Gasteiger partial charge in [-0.2, -0.15) is 0 Å². The fourth-order valence-corrected chi connectivity index (χ4v) is 4.29. The van der Waals surface area contributed by atoms with Crippen molar-refractivity contribution < 1.29 is 9.53 Å². The lowest BCUT2D eigenvalue weighted by atomic mass is 10.00. The third-order valence-electron chi connectivity index (χ3n) is 6.13. The number of carbonyl (C=O) groups is 1. The van der Waals surface area contributed by atoms with Gasteiger partial charge >= 0.3 is 0 Å². The van der Waals surface area contributed by atoms with Crippen molar-refractivity contribution in [3.05, 3.63) is 90.4 Å². The second kappa shape index (κ2) is 8.47. The number of aromatic nitrogens is 2. The van der Waals surface area contributed by atoms with Crippen LogP contribution < -0.4 is 10.1 Å². The largest absolute Gasteiger partial charge is 0.491 e. The smallest absolute Gasteiger partial charge is 0.290 e. The Labute approximate surface area is 193 Å². The molecule has 0 saturated carbocycles. The van der Waals surface area contributed by atoms with E-state index in [9.17, 15) is 4.79 Å². The predicted molar refractivity (Wildman–Crippen MR) is 131 cm³/mol. The Kier molecular flexibility index (Phi) is 5.34. The van der Waals surface area contributed by atoms with Crippen LogP contribution in [0.25, 0.3) is 22.2 Å². The maximum atomic E-state index is 13.4. The maximum absolute atomic E-state index is 13.4. The Hall–Kier alpha value is -4.06. The highest BCUT2D eigenvalue weighted by atomic mass is 16.5. The number of aryl methyl sites for hydroxylation is 2. The van der Waals surface area contributed by atoms with Crippen molar-refractivity contribution in [1.82, 2.24) is 14.5 Å². The molecule has 1 amide bonds. The van der Waals surface area contributed by atoms with Crippen LogP contribution in [0.4, 0.5) is 5.69 Å². The zero-order chi connectivity index (χ0) is 22.9. The van der Waals surface area contributed by atoms with Crippen molar-refractivity contribution >= 4 is 22.6 Å². The standard InChI is InChI=1S/C27H26N4O2/c1-4-28-23-16-20(10-9-18(23)2)19-11-12-25-21(15-19)17-31(13-14-33-25)27(32)26-29-22-7-5-6-8-24(22)30(26)3/h4-12,15-16,28H,1,13-14,17H2,2-3H3. The number of rotatable bonds is 4. The van der Waals surface area contributed by atoms with E-state index < -0.39 is 0 Å². The van der Waals surface area contributed by atoms with Gasteiger partial charge in [-0.25, -0.2) is 4.98 Å². The number of hydrogen-bond donors (Lipinski definition) is 1. The quantitative estimate of drug-likeness (QED) is 0.479. The molecule has 33 heavy (non-hydrogen) atoms. The molecule has 1 aliphatic rings. The number of ether oxygens (including phenoxy) is 1. The summed E-state index contributed by atoms with van der Waals surface area (Å²) in [5.74, 6) is 1.16. The number of nitrogens with one attached hydrogen (secondary N) is 1. The average molecular weight is 439 g/mol. The van der Waals surface area contributed by atoms with E-state index in [0.29, 0.717) is 25.5 Å². The van der Waals surface area contributed by atoms with Gasteiger partial charge in [-0.15, -0.1) is 0 Å². The number of nitrogens with zero attached hydrogens (tertiary/aromatic N) is 3. The molecule has 5 rings (SSSR count). The molecule has 0 bridgehead atoms. The fourth-order valence-electron chi connectivity index (χ4n) is 4.29. The molecular formula is C27H26N4O2. The predicted octanol–water partition coefficient (Wildman–Crippen LogP) is 5.14. The first-order chi connectivity index (χ1) is 16.0. The van der Waals surface area contributed by atoms with E-state index in [-0.39, 0.29) is 5.91 Å². The van der Waals surface area contributed by atoms with Crippen LogP contribution >= 0.6 is 0 Å². The molecule has 166 valence electrons. The van der Waals surface area contributed by atoms with Gasteiger partial charge in [0, 0.05) is 24.8 Å². The van der Waals surface area contributed by atoms with Crippen LogP contribution in [0.3, 0.4) is 0 Å². The first-order valence-corrected chi connectivity index (χ1v) is 11.0. The number of hydrogen-bond acceptors (Lipinski definition) is 4. The van der Waals surface area contributed by atoms with Gasteiger partial charge in [0.25, 0.3) is 5.91 Å². The summed E-state index contributed by atoms with van der Waals surface area (Å²) in [5.41, 5.74) is 7.07. The Morgan fingerprint density at radius 3 is 2.73 bits per heavy atom. The Bertz CT molecular complexity index is 1370. The fraction of sp³-hybridized carbons (Fsp3) is 0.185.